The fourth-order valence-corrected chi connectivity index (χ4v) is 3.04. The lowest BCUT2D eigenvalue weighted by Gasteiger charge is -2.11. The highest BCUT2D eigenvalue weighted by Crippen LogP contribution is 2.25. The van der Waals surface area contributed by atoms with Gasteiger partial charge in [0.25, 0.3) is 5.91 Å². The maximum absolute atomic E-state index is 12.3. The van der Waals surface area contributed by atoms with E-state index in [1.165, 1.54) is 0 Å². The molecule has 0 fully saturated rings. The number of aryl methyl sites for hydroxylation is 1. The molecule has 27 heavy (non-hydrogen) atoms. The van der Waals surface area contributed by atoms with Crippen molar-refractivity contribution in [3.05, 3.63) is 76.5 Å². The van der Waals surface area contributed by atoms with Gasteiger partial charge in [0.15, 0.2) is 5.11 Å². The van der Waals surface area contributed by atoms with Crippen molar-refractivity contribution in [2.75, 3.05) is 5.32 Å². The zero-order chi connectivity index (χ0) is 19.4. The minimum Gasteiger partial charge on any atom is -0.459 e. The van der Waals surface area contributed by atoms with E-state index in [4.69, 9.17) is 33.3 Å². The smallest absolute Gasteiger partial charge is 0.258 e. The van der Waals surface area contributed by atoms with Gasteiger partial charge in [0, 0.05) is 11.3 Å². The van der Waals surface area contributed by atoms with Gasteiger partial charge in [-0.05, 0) is 61.1 Å². The highest BCUT2D eigenvalue weighted by atomic mass is 35.5. The molecule has 7 heteroatoms. The summed E-state index contributed by atoms with van der Waals surface area (Å²) >= 11 is 11.3. The first-order valence-corrected chi connectivity index (χ1v) is 8.93. The maximum Gasteiger partial charge on any atom is 0.258 e. The standard InChI is InChI=1S/C20H17ClN2O3S/c1-12-5-7-16(17(21)9-12)19(25)23-20(27)22-14-4-2-3-13(10-14)18-8-6-15(11-24)26-18/h2-10,24H,11H2,1H3,(H2,22,23,25,27). The fourth-order valence-electron chi connectivity index (χ4n) is 2.51. The van der Waals surface area contributed by atoms with Crippen LogP contribution in [0.2, 0.25) is 5.02 Å². The normalized spacial score (nSPS) is 10.5. The average molecular weight is 401 g/mol. The van der Waals surface area contributed by atoms with Crippen molar-refractivity contribution in [1.82, 2.24) is 5.32 Å². The molecule has 0 bridgehead atoms. The number of nitrogens with one attached hydrogen (secondary N) is 2. The Morgan fingerprint density at radius 1 is 1.19 bits per heavy atom. The number of rotatable bonds is 4. The van der Waals surface area contributed by atoms with Crippen molar-refractivity contribution < 1.29 is 14.3 Å². The fraction of sp³-hybridized carbons (Fsp3) is 0.100. The molecule has 0 aliphatic heterocycles. The van der Waals surface area contributed by atoms with Crippen molar-refractivity contribution in [2.24, 2.45) is 0 Å². The minimum atomic E-state index is -0.382. The topological polar surface area (TPSA) is 74.5 Å². The summed E-state index contributed by atoms with van der Waals surface area (Å²) in [5, 5.41) is 15.2. The van der Waals surface area contributed by atoms with E-state index in [0.717, 1.165) is 11.1 Å². The summed E-state index contributed by atoms with van der Waals surface area (Å²) in [6.45, 7) is 1.74. The number of hydrogen-bond acceptors (Lipinski definition) is 4. The molecule has 0 radical (unpaired) electrons. The van der Waals surface area contributed by atoms with Crippen LogP contribution < -0.4 is 10.6 Å². The van der Waals surface area contributed by atoms with Crippen molar-refractivity contribution >= 4 is 40.5 Å². The van der Waals surface area contributed by atoms with Gasteiger partial charge >= 0.3 is 0 Å². The Balaban J connectivity index is 1.69. The number of benzene rings is 2. The first kappa shape index (κ1) is 19.1. The van der Waals surface area contributed by atoms with Gasteiger partial charge in [0.05, 0.1) is 10.6 Å². The number of carbonyl (C=O) groups excluding carboxylic acids is 1. The van der Waals surface area contributed by atoms with Crippen molar-refractivity contribution in [2.45, 2.75) is 13.5 Å². The minimum absolute atomic E-state index is 0.157. The van der Waals surface area contributed by atoms with Gasteiger partial charge in [-0.1, -0.05) is 29.8 Å². The van der Waals surface area contributed by atoms with Gasteiger partial charge in [0.2, 0.25) is 0 Å². The third-order valence-electron chi connectivity index (χ3n) is 3.82. The van der Waals surface area contributed by atoms with Crippen molar-refractivity contribution in [3.63, 3.8) is 0 Å². The molecule has 0 aliphatic carbocycles. The monoisotopic (exact) mass is 400 g/mol. The van der Waals surface area contributed by atoms with Gasteiger partial charge in [-0.15, -0.1) is 0 Å². The molecule has 1 heterocycles. The molecule has 3 aromatic rings. The number of aliphatic hydroxyl groups excluding tert-OH is 1. The van der Waals surface area contributed by atoms with Crippen LogP contribution in [0, 0.1) is 6.92 Å². The number of furan rings is 1. The third-order valence-corrected chi connectivity index (χ3v) is 4.34. The van der Waals surface area contributed by atoms with E-state index >= 15 is 0 Å². The molecule has 1 amide bonds. The molecule has 0 unspecified atom stereocenters. The van der Waals surface area contributed by atoms with Crippen molar-refractivity contribution in [3.8, 4) is 11.3 Å². The molecule has 3 N–H and O–H groups in total. The number of aliphatic hydroxyl groups is 1. The second-order valence-electron chi connectivity index (χ2n) is 5.90. The van der Waals surface area contributed by atoms with E-state index in [9.17, 15) is 4.79 Å². The van der Waals surface area contributed by atoms with Gasteiger partial charge in [-0.25, -0.2) is 0 Å². The molecule has 0 saturated carbocycles. The summed E-state index contributed by atoms with van der Waals surface area (Å²) in [5.41, 5.74) is 2.83. The Bertz CT molecular complexity index is 1000. The largest absolute Gasteiger partial charge is 0.459 e. The lowest BCUT2D eigenvalue weighted by atomic mass is 10.1. The average Bonchev–Trinajstić information content (AvgIpc) is 3.11. The molecule has 0 atom stereocenters. The van der Waals surface area contributed by atoms with Crippen LogP contribution in [-0.4, -0.2) is 16.1 Å². The van der Waals surface area contributed by atoms with Crippen LogP contribution in [0.3, 0.4) is 0 Å². The van der Waals surface area contributed by atoms with Gasteiger partial charge < -0.3 is 14.8 Å². The molecule has 1 aromatic heterocycles. The molecule has 2 aromatic carbocycles. The predicted octanol–water partition coefficient (Wildman–Crippen LogP) is 4.53. The molecule has 138 valence electrons. The first-order valence-electron chi connectivity index (χ1n) is 8.15. The lowest BCUT2D eigenvalue weighted by molar-refractivity contribution is 0.0978. The Kier molecular flexibility index (Phi) is 5.91. The highest BCUT2D eigenvalue weighted by Gasteiger charge is 2.12. The van der Waals surface area contributed by atoms with Crippen LogP contribution >= 0.6 is 23.8 Å². The second kappa shape index (κ2) is 8.35. The summed E-state index contributed by atoms with van der Waals surface area (Å²) in [7, 11) is 0. The van der Waals surface area contributed by atoms with Crippen LogP contribution in [0.25, 0.3) is 11.3 Å². The van der Waals surface area contributed by atoms with Gasteiger partial charge in [-0.3, -0.25) is 10.1 Å². The number of halogens is 1. The molecule has 0 saturated heterocycles. The number of carbonyl (C=O) groups is 1. The Morgan fingerprint density at radius 3 is 2.70 bits per heavy atom. The molecule has 3 rings (SSSR count). The second-order valence-corrected chi connectivity index (χ2v) is 6.71. The van der Waals surface area contributed by atoms with E-state index in [1.807, 2.05) is 37.3 Å². The van der Waals surface area contributed by atoms with Crippen molar-refractivity contribution in [1.29, 1.82) is 0 Å². The molecular formula is C20H17ClN2O3S. The highest BCUT2D eigenvalue weighted by molar-refractivity contribution is 7.80. The zero-order valence-electron chi connectivity index (χ0n) is 14.5. The quantitative estimate of drug-likeness (QED) is 0.561. The third kappa shape index (κ3) is 4.74. The van der Waals surface area contributed by atoms with E-state index in [2.05, 4.69) is 10.6 Å². The van der Waals surface area contributed by atoms with Crippen LogP contribution in [0.1, 0.15) is 21.7 Å². The summed E-state index contributed by atoms with van der Waals surface area (Å²) < 4.78 is 5.53. The predicted molar refractivity (Wildman–Crippen MR) is 110 cm³/mol. The SMILES string of the molecule is Cc1ccc(C(=O)NC(=S)Nc2cccc(-c3ccc(CO)o3)c2)c(Cl)c1. The Morgan fingerprint density at radius 2 is 2.00 bits per heavy atom. The Hall–Kier alpha value is -2.67. The van der Waals surface area contributed by atoms with Crippen LogP contribution in [0.4, 0.5) is 5.69 Å². The van der Waals surface area contributed by atoms with E-state index in [-0.39, 0.29) is 17.6 Å². The van der Waals surface area contributed by atoms with E-state index < -0.39 is 0 Å². The van der Waals surface area contributed by atoms with E-state index in [0.29, 0.717) is 27.8 Å². The summed E-state index contributed by atoms with van der Waals surface area (Å²) in [5.74, 6) is 0.734. The lowest BCUT2D eigenvalue weighted by Crippen LogP contribution is -2.34. The molecule has 5 nitrogen and oxygen atoms in total. The van der Waals surface area contributed by atoms with Crippen LogP contribution in [0.5, 0.6) is 0 Å². The summed E-state index contributed by atoms with van der Waals surface area (Å²) in [6.07, 6.45) is 0. The summed E-state index contributed by atoms with van der Waals surface area (Å²) in [6, 6.07) is 16.0. The number of amides is 1. The van der Waals surface area contributed by atoms with Gasteiger partial charge in [-0.2, -0.15) is 0 Å². The number of thiocarbonyl (C=S) groups is 1. The summed E-state index contributed by atoms with van der Waals surface area (Å²) in [4.78, 5) is 12.3. The number of hydrogen-bond donors (Lipinski definition) is 3. The van der Waals surface area contributed by atoms with Gasteiger partial charge in [0.1, 0.15) is 18.1 Å². The van der Waals surface area contributed by atoms with Crippen LogP contribution in [-0.2, 0) is 6.61 Å². The first-order chi connectivity index (χ1) is 13.0. The maximum atomic E-state index is 12.3. The van der Waals surface area contributed by atoms with E-state index in [1.54, 1.807) is 24.3 Å². The number of anilines is 1. The molecule has 0 aliphatic rings. The molecule has 0 spiro atoms. The molecular weight excluding hydrogens is 384 g/mol. The van der Waals surface area contributed by atoms with Crippen LogP contribution in [0.15, 0.2) is 59.0 Å². The zero-order valence-corrected chi connectivity index (χ0v) is 16.0. The Labute approximate surface area is 167 Å².